The predicted molar refractivity (Wildman–Crippen MR) is 123 cm³/mol. The molecule has 8 nitrogen and oxygen atoms in total. The third-order valence-corrected chi connectivity index (χ3v) is 5.11. The van der Waals surface area contributed by atoms with Gasteiger partial charge in [0.15, 0.2) is 0 Å². The Balaban J connectivity index is 5.48. The molecule has 0 spiro atoms. The molecule has 0 aliphatic carbocycles. The number of ether oxygens (including phenoxy) is 8. The lowest BCUT2D eigenvalue weighted by molar-refractivity contribution is -0.344. The lowest BCUT2D eigenvalue weighted by Gasteiger charge is -2.39. The highest BCUT2D eigenvalue weighted by Crippen LogP contribution is 2.43. The van der Waals surface area contributed by atoms with E-state index in [1.807, 2.05) is 27.7 Å². The Bertz CT molecular complexity index is 357. The van der Waals surface area contributed by atoms with Crippen molar-refractivity contribution in [2.24, 2.45) is 0 Å². The van der Waals surface area contributed by atoms with E-state index < -0.39 is 10.6 Å². The summed E-state index contributed by atoms with van der Waals surface area (Å²) in [4.78, 5) is 0. The first-order chi connectivity index (χ1) is 15.1. The smallest absolute Gasteiger partial charge is 0.344 e. The van der Waals surface area contributed by atoms with Crippen LogP contribution in [0.3, 0.4) is 0 Å². The second kappa shape index (κ2) is 20.6. The highest BCUT2D eigenvalue weighted by Gasteiger charge is 2.49. The van der Waals surface area contributed by atoms with Crippen LogP contribution < -0.4 is 0 Å². The van der Waals surface area contributed by atoms with Crippen molar-refractivity contribution < 1.29 is 37.9 Å². The van der Waals surface area contributed by atoms with Crippen LogP contribution in [-0.4, -0.2) is 77.7 Å². The lowest BCUT2D eigenvalue weighted by Crippen LogP contribution is -2.47. The Labute approximate surface area is 193 Å². The zero-order chi connectivity index (χ0) is 23.3. The topological polar surface area (TPSA) is 73.8 Å². The van der Waals surface area contributed by atoms with Gasteiger partial charge in [-0.1, -0.05) is 13.8 Å². The van der Waals surface area contributed by atoms with Crippen LogP contribution in [0.5, 0.6) is 0 Å². The summed E-state index contributed by atoms with van der Waals surface area (Å²) in [5.41, 5.74) is 0. The minimum absolute atomic E-state index is 0.401. The van der Waals surface area contributed by atoms with Gasteiger partial charge in [-0.3, -0.25) is 0 Å². The Morgan fingerprint density at radius 2 is 0.839 bits per heavy atom. The van der Waals surface area contributed by atoms with Crippen molar-refractivity contribution in [1.29, 1.82) is 0 Å². The monoisotopic (exact) mass is 470 g/mol. The molecule has 0 aliphatic heterocycles. The maximum Gasteiger partial charge on any atom is 0.344 e. The van der Waals surface area contributed by atoms with Crippen molar-refractivity contribution in [3.05, 3.63) is 0 Å². The molecule has 0 fully saturated rings. The zero-order valence-corrected chi connectivity index (χ0v) is 21.4. The largest absolute Gasteiger partial charge is 0.385 e. The first kappa shape index (κ1) is 31.0. The van der Waals surface area contributed by atoms with Gasteiger partial charge in [0.05, 0.1) is 39.6 Å². The van der Waals surface area contributed by atoms with Gasteiger partial charge in [0.2, 0.25) is 0 Å². The van der Waals surface area contributed by atoms with Crippen LogP contribution >= 0.6 is 11.8 Å². The van der Waals surface area contributed by atoms with Gasteiger partial charge in [0.1, 0.15) is 0 Å². The van der Waals surface area contributed by atoms with Gasteiger partial charge < -0.3 is 37.9 Å². The molecule has 9 heteroatoms. The van der Waals surface area contributed by atoms with E-state index in [0.717, 1.165) is 50.3 Å². The molecule has 0 aromatic carbocycles. The summed E-state index contributed by atoms with van der Waals surface area (Å²) in [7, 11) is 3.38. The third-order valence-electron chi connectivity index (χ3n) is 3.90. The van der Waals surface area contributed by atoms with Crippen LogP contribution in [0.25, 0.3) is 0 Å². The van der Waals surface area contributed by atoms with Crippen LogP contribution in [0.4, 0.5) is 0 Å². The van der Waals surface area contributed by atoms with Gasteiger partial charge in [-0.15, -0.1) is 0 Å². The highest BCUT2D eigenvalue weighted by molar-refractivity contribution is 8.01. The number of hydrogen-bond acceptors (Lipinski definition) is 9. The van der Waals surface area contributed by atoms with Gasteiger partial charge in [0, 0.05) is 39.2 Å². The van der Waals surface area contributed by atoms with Crippen molar-refractivity contribution in [2.45, 2.75) is 76.8 Å². The Morgan fingerprint density at radius 3 is 1.16 bits per heavy atom. The Morgan fingerprint density at radius 1 is 0.484 bits per heavy atom. The molecule has 0 aliphatic rings. The van der Waals surface area contributed by atoms with Crippen LogP contribution in [0.15, 0.2) is 0 Å². The van der Waals surface area contributed by atoms with Gasteiger partial charge in [0.25, 0.3) is 0 Å². The minimum atomic E-state index is -1.40. The fraction of sp³-hybridized carbons (Fsp3) is 1.00. The first-order valence-corrected chi connectivity index (χ1v) is 12.4. The second-order valence-corrected chi connectivity index (χ2v) is 7.97. The summed E-state index contributed by atoms with van der Waals surface area (Å²) in [5, 5.41) is -2.79. The summed E-state index contributed by atoms with van der Waals surface area (Å²) >= 11 is 1.15. The summed E-state index contributed by atoms with van der Waals surface area (Å²) in [5.74, 6) is 0. The van der Waals surface area contributed by atoms with Gasteiger partial charge in [-0.25, -0.2) is 0 Å². The van der Waals surface area contributed by atoms with Gasteiger partial charge in [-0.05, 0) is 52.4 Å². The second-order valence-electron chi connectivity index (χ2n) is 6.76. The molecule has 2 unspecified atom stereocenters. The first-order valence-electron chi connectivity index (χ1n) is 11.6. The van der Waals surface area contributed by atoms with E-state index in [1.54, 1.807) is 14.2 Å². The van der Waals surface area contributed by atoms with Crippen molar-refractivity contribution >= 4 is 11.8 Å². The van der Waals surface area contributed by atoms with Crippen molar-refractivity contribution in [1.82, 2.24) is 0 Å². The molecule has 2 atom stereocenters. The average Bonchev–Trinajstić information content (AvgIpc) is 2.76. The number of thioether (sulfide) groups is 1. The van der Waals surface area contributed by atoms with E-state index >= 15 is 0 Å². The molecule has 0 bridgehead atoms. The number of hydrogen-bond donors (Lipinski definition) is 0. The molecule has 0 aromatic rings. The lowest BCUT2D eigenvalue weighted by atomic mass is 10.3. The fourth-order valence-corrected chi connectivity index (χ4v) is 3.71. The minimum Gasteiger partial charge on any atom is -0.385 e. The zero-order valence-electron chi connectivity index (χ0n) is 20.6. The van der Waals surface area contributed by atoms with E-state index in [1.165, 1.54) is 0 Å². The van der Waals surface area contributed by atoms with Crippen LogP contribution in [0, 0.1) is 0 Å². The maximum atomic E-state index is 6.15. The summed E-state index contributed by atoms with van der Waals surface area (Å²) in [6.07, 6.45) is 5.03. The Hall–Kier alpha value is 0.0300. The van der Waals surface area contributed by atoms with E-state index in [0.29, 0.717) is 52.9 Å². The van der Waals surface area contributed by atoms with E-state index in [9.17, 15) is 0 Å². The quantitative estimate of drug-likeness (QED) is 0.147. The normalized spacial score (nSPS) is 15.7. The number of unbranched alkanes of at least 4 members (excludes halogenated alkanes) is 2. The molecule has 0 rings (SSSR count). The Kier molecular flexibility index (Phi) is 20.6. The fourth-order valence-electron chi connectivity index (χ4n) is 2.48. The van der Waals surface area contributed by atoms with Gasteiger partial charge in [-0.2, -0.15) is 0 Å². The third kappa shape index (κ3) is 14.7. The molecular weight excluding hydrogens is 424 g/mol. The number of methoxy groups -OCH3 is 2. The van der Waals surface area contributed by atoms with E-state index in [4.69, 9.17) is 37.9 Å². The molecule has 0 saturated carbocycles. The summed E-state index contributed by atoms with van der Waals surface area (Å²) in [6, 6.07) is 0. The molecule has 0 amide bonds. The van der Waals surface area contributed by atoms with Gasteiger partial charge >= 0.3 is 10.6 Å². The molecule has 0 saturated heterocycles. The summed E-state index contributed by atoms with van der Waals surface area (Å²) in [6.45, 7) is 11.9. The summed E-state index contributed by atoms with van der Waals surface area (Å²) < 4.78 is 46.7. The molecule has 188 valence electrons. The molecule has 0 radical (unpaired) electrons. The van der Waals surface area contributed by atoms with Crippen molar-refractivity contribution in [2.75, 3.05) is 67.1 Å². The molecule has 0 heterocycles. The van der Waals surface area contributed by atoms with E-state index in [-0.39, 0.29) is 0 Å². The van der Waals surface area contributed by atoms with Crippen LogP contribution in [0.2, 0.25) is 0 Å². The van der Waals surface area contributed by atoms with Crippen molar-refractivity contribution in [3.63, 3.8) is 0 Å². The maximum absolute atomic E-state index is 6.15. The van der Waals surface area contributed by atoms with Crippen molar-refractivity contribution in [3.8, 4) is 0 Å². The molecule has 0 N–H and O–H groups in total. The standard InChI is InChI=1S/C22H46O8S/c1-7-15-27-21(25-9-3,29-19-13-11-17-23-5)31-22(26-10-4,28-16-8-2)30-20-14-12-18-24-6/h7-20H2,1-6H3. The number of rotatable bonds is 24. The average molecular weight is 471 g/mol. The SMILES string of the molecule is CCCOC(OCC)(OCCCCOC)SC(OCC)(OCCC)OCCCCOC. The van der Waals surface area contributed by atoms with Crippen LogP contribution in [-0.2, 0) is 37.9 Å². The molecule has 31 heavy (non-hydrogen) atoms. The van der Waals surface area contributed by atoms with Crippen LogP contribution in [0.1, 0.15) is 66.2 Å². The predicted octanol–water partition coefficient (Wildman–Crippen LogP) is 4.75. The highest BCUT2D eigenvalue weighted by atomic mass is 32.2. The van der Waals surface area contributed by atoms with E-state index in [2.05, 4.69) is 0 Å². The molecule has 0 aromatic heterocycles. The molecular formula is C22H46O8S.